The predicted octanol–water partition coefficient (Wildman–Crippen LogP) is 2.15. The van der Waals surface area contributed by atoms with E-state index in [2.05, 4.69) is 21.1 Å². The molecule has 0 N–H and O–H groups in total. The van der Waals surface area contributed by atoms with Crippen molar-refractivity contribution in [3.63, 3.8) is 0 Å². The van der Waals surface area contributed by atoms with Gasteiger partial charge < -0.3 is 0 Å². The minimum Gasteiger partial charge on any atom is -0.232 e. The van der Waals surface area contributed by atoms with Gasteiger partial charge in [-0.1, -0.05) is 13.8 Å². The van der Waals surface area contributed by atoms with Crippen molar-refractivity contribution in [1.29, 1.82) is 5.26 Å². The van der Waals surface area contributed by atoms with Crippen molar-refractivity contribution in [3.05, 3.63) is 34.5 Å². The van der Waals surface area contributed by atoms with Gasteiger partial charge >= 0.3 is 0 Å². The second-order valence-electron chi connectivity index (χ2n) is 4.99. The molecular weight excluding hydrogens is 250 g/mol. The maximum atomic E-state index is 9.39. The molecule has 5 nitrogen and oxygen atoms in total. The molecule has 0 spiro atoms. The molecule has 0 fully saturated rings. The molecule has 0 amide bonds. The van der Waals surface area contributed by atoms with Crippen molar-refractivity contribution in [1.82, 2.24) is 19.7 Å². The van der Waals surface area contributed by atoms with E-state index in [1.807, 2.05) is 19.9 Å². The maximum Gasteiger partial charge on any atom is 0.173 e. The summed E-state index contributed by atoms with van der Waals surface area (Å²) in [5.74, 6) is 2.30. The fraction of sp³-hybridized carbons (Fsp3) is 0.467. The van der Waals surface area contributed by atoms with E-state index in [9.17, 15) is 5.26 Å². The number of pyridine rings is 1. The van der Waals surface area contributed by atoms with Crippen LogP contribution in [0.3, 0.4) is 0 Å². The highest BCUT2D eigenvalue weighted by Crippen LogP contribution is 2.24. The average molecular weight is 267 g/mol. The van der Waals surface area contributed by atoms with Gasteiger partial charge in [0.15, 0.2) is 11.6 Å². The van der Waals surface area contributed by atoms with Crippen LogP contribution in [0.1, 0.15) is 48.7 Å². The van der Waals surface area contributed by atoms with Crippen LogP contribution in [-0.2, 0) is 25.7 Å². The molecule has 0 saturated heterocycles. The molecule has 0 unspecified atom stereocenters. The molecule has 102 valence electrons. The number of rotatable bonds is 3. The number of hydrogen-bond acceptors (Lipinski definition) is 4. The van der Waals surface area contributed by atoms with E-state index in [0.717, 1.165) is 49.4 Å². The normalized spacial score (nSPS) is 13.2. The lowest BCUT2D eigenvalue weighted by Crippen LogP contribution is -2.09. The summed E-state index contributed by atoms with van der Waals surface area (Å²) >= 11 is 0. The zero-order valence-corrected chi connectivity index (χ0v) is 11.8. The number of aromatic nitrogens is 4. The fourth-order valence-corrected chi connectivity index (χ4v) is 2.64. The van der Waals surface area contributed by atoms with E-state index >= 15 is 0 Å². The highest BCUT2D eigenvalue weighted by molar-refractivity contribution is 5.48. The van der Waals surface area contributed by atoms with Gasteiger partial charge in [-0.15, -0.1) is 5.10 Å². The third-order valence-electron chi connectivity index (χ3n) is 3.70. The summed E-state index contributed by atoms with van der Waals surface area (Å²) < 4.78 is 1.75. The lowest BCUT2D eigenvalue weighted by molar-refractivity contribution is 0.760. The first-order valence-electron chi connectivity index (χ1n) is 7.14. The zero-order chi connectivity index (χ0) is 14.1. The van der Waals surface area contributed by atoms with Crippen LogP contribution in [0.4, 0.5) is 0 Å². The Morgan fingerprint density at radius 3 is 2.80 bits per heavy atom. The molecule has 3 rings (SSSR count). The van der Waals surface area contributed by atoms with Crippen LogP contribution in [0, 0.1) is 11.3 Å². The topological polar surface area (TPSA) is 67.4 Å². The van der Waals surface area contributed by atoms with Gasteiger partial charge in [-0.3, -0.25) is 0 Å². The highest BCUT2D eigenvalue weighted by atomic mass is 15.4. The summed E-state index contributed by atoms with van der Waals surface area (Å²) in [6, 6.07) is 4.22. The molecule has 0 radical (unpaired) electrons. The first-order valence-corrected chi connectivity index (χ1v) is 7.14. The van der Waals surface area contributed by atoms with Gasteiger partial charge in [0.25, 0.3) is 0 Å². The molecule has 2 aromatic rings. The smallest absolute Gasteiger partial charge is 0.173 e. The van der Waals surface area contributed by atoms with Crippen LogP contribution in [0.2, 0.25) is 0 Å². The van der Waals surface area contributed by atoms with Gasteiger partial charge in [0.2, 0.25) is 0 Å². The molecule has 1 aliphatic carbocycles. The first-order chi connectivity index (χ1) is 9.76. The van der Waals surface area contributed by atoms with Crippen LogP contribution in [-0.4, -0.2) is 19.7 Å². The summed E-state index contributed by atoms with van der Waals surface area (Å²) in [5, 5.41) is 13.9. The fourth-order valence-electron chi connectivity index (χ4n) is 2.64. The number of aryl methyl sites for hydroxylation is 4. The van der Waals surface area contributed by atoms with E-state index in [-0.39, 0.29) is 0 Å². The zero-order valence-electron chi connectivity index (χ0n) is 11.8. The standard InChI is InChI=1S/C15H17N5/c1-3-13-18-14(4-2)20(19-13)15-11(9-16)8-10-6-5-7-12(10)17-15/h8H,3-7H2,1-2H3. The summed E-state index contributed by atoms with van der Waals surface area (Å²) in [5.41, 5.74) is 2.90. The van der Waals surface area contributed by atoms with Gasteiger partial charge in [-0.25, -0.2) is 9.97 Å². The van der Waals surface area contributed by atoms with Gasteiger partial charge in [-0.2, -0.15) is 9.94 Å². The van der Waals surface area contributed by atoms with Gasteiger partial charge in [0, 0.05) is 18.5 Å². The molecule has 20 heavy (non-hydrogen) atoms. The third kappa shape index (κ3) is 1.97. The number of nitrogens with zero attached hydrogens (tertiary/aromatic N) is 5. The Balaban J connectivity index is 2.19. The summed E-state index contributed by atoms with van der Waals surface area (Å²) in [6.07, 6.45) is 4.69. The highest BCUT2D eigenvalue weighted by Gasteiger charge is 2.20. The summed E-state index contributed by atoms with van der Waals surface area (Å²) in [7, 11) is 0. The summed E-state index contributed by atoms with van der Waals surface area (Å²) in [4.78, 5) is 9.18. The molecule has 0 aromatic carbocycles. The van der Waals surface area contributed by atoms with Crippen molar-refractivity contribution < 1.29 is 0 Å². The molecule has 1 aliphatic rings. The summed E-state index contributed by atoms with van der Waals surface area (Å²) in [6.45, 7) is 4.07. The van der Waals surface area contributed by atoms with E-state index in [1.165, 1.54) is 5.56 Å². The Kier molecular flexibility index (Phi) is 3.23. The maximum absolute atomic E-state index is 9.39. The minimum absolute atomic E-state index is 0.591. The van der Waals surface area contributed by atoms with E-state index in [1.54, 1.807) is 4.68 Å². The molecule has 2 heterocycles. The monoisotopic (exact) mass is 267 g/mol. The van der Waals surface area contributed by atoms with Crippen molar-refractivity contribution in [2.75, 3.05) is 0 Å². The van der Waals surface area contributed by atoms with Gasteiger partial charge in [0.1, 0.15) is 11.9 Å². The molecule has 0 atom stereocenters. The lowest BCUT2D eigenvalue weighted by Gasteiger charge is -2.08. The quantitative estimate of drug-likeness (QED) is 0.854. The molecule has 0 saturated carbocycles. The Bertz CT molecular complexity index is 693. The Hall–Kier alpha value is -2.22. The second-order valence-corrected chi connectivity index (χ2v) is 4.99. The predicted molar refractivity (Wildman–Crippen MR) is 74.7 cm³/mol. The second kappa shape index (κ2) is 5.04. The minimum atomic E-state index is 0.591. The largest absolute Gasteiger partial charge is 0.232 e. The van der Waals surface area contributed by atoms with Crippen LogP contribution in [0.15, 0.2) is 6.07 Å². The molecule has 5 heteroatoms. The Morgan fingerprint density at radius 1 is 1.25 bits per heavy atom. The first kappa shape index (κ1) is 12.8. The molecule has 2 aromatic heterocycles. The van der Waals surface area contributed by atoms with E-state index in [0.29, 0.717) is 11.4 Å². The van der Waals surface area contributed by atoms with E-state index in [4.69, 9.17) is 0 Å². The lowest BCUT2D eigenvalue weighted by atomic mass is 10.1. The molecule has 0 aliphatic heterocycles. The van der Waals surface area contributed by atoms with Crippen LogP contribution >= 0.6 is 0 Å². The van der Waals surface area contributed by atoms with Crippen molar-refractivity contribution >= 4 is 0 Å². The van der Waals surface area contributed by atoms with Gasteiger partial charge in [0.05, 0.1) is 5.56 Å². The SMILES string of the molecule is CCc1nc(CC)n(-c2nc3c(cc2C#N)CCC3)n1. The molecule has 0 bridgehead atoms. The van der Waals surface area contributed by atoms with Crippen molar-refractivity contribution in [2.24, 2.45) is 0 Å². The van der Waals surface area contributed by atoms with Crippen LogP contribution < -0.4 is 0 Å². The van der Waals surface area contributed by atoms with Crippen LogP contribution in [0.5, 0.6) is 0 Å². The third-order valence-corrected chi connectivity index (χ3v) is 3.70. The number of fused-ring (bicyclic) bond motifs is 1. The molecular formula is C15H17N5. The number of hydrogen-bond donors (Lipinski definition) is 0. The Labute approximate surface area is 118 Å². The van der Waals surface area contributed by atoms with E-state index < -0.39 is 0 Å². The average Bonchev–Trinajstić information content (AvgIpc) is 3.10. The van der Waals surface area contributed by atoms with Crippen molar-refractivity contribution in [3.8, 4) is 11.9 Å². The number of nitriles is 1. The van der Waals surface area contributed by atoms with Crippen molar-refractivity contribution in [2.45, 2.75) is 46.0 Å². The Morgan fingerprint density at radius 2 is 2.10 bits per heavy atom. The van der Waals surface area contributed by atoms with Gasteiger partial charge in [-0.05, 0) is 30.9 Å². The van der Waals surface area contributed by atoms with Crippen LogP contribution in [0.25, 0.3) is 5.82 Å².